The van der Waals surface area contributed by atoms with Crippen LogP contribution in [0.3, 0.4) is 0 Å². The monoisotopic (exact) mass is 304 g/mol. The number of phenols is 1. The van der Waals surface area contributed by atoms with E-state index in [1.807, 2.05) is 18.2 Å². The van der Waals surface area contributed by atoms with Crippen LogP contribution < -0.4 is 22.1 Å². The summed E-state index contributed by atoms with van der Waals surface area (Å²) >= 11 is 0. The molecule has 7 nitrogen and oxygen atoms in total. The van der Waals surface area contributed by atoms with Crippen molar-refractivity contribution in [1.29, 1.82) is 0 Å². The molecule has 0 aromatic heterocycles. The van der Waals surface area contributed by atoms with Crippen molar-refractivity contribution >= 4 is 5.96 Å². The van der Waals surface area contributed by atoms with Gasteiger partial charge in [-0.15, -0.1) is 0 Å². The maximum absolute atomic E-state index is 9.76. The molecule has 2 aliphatic rings. The van der Waals surface area contributed by atoms with Crippen LogP contribution in [0, 0.1) is 0 Å². The SMILES string of the molecule is CCCN1C(c2cccc(O)c2)CNC2NC(N)=NC(N)C21. The van der Waals surface area contributed by atoms with Gasteiger partial charge in [0.15, 0.2) is 5.96 Å². The van der Waals surface area contributed by atoms with Gasteiger partial charge in [0.05, 0.1) is 12.2 Å². The predicted octanol–water partition coefficient (Wildman–Crippen LogP) is -0.354. The van der Waals surface area contributed by atoms with Crippen molar-refractivity contribution in [1.82, 2.24) is 15.5 Å². The number of phenolic OH excluding ortho intramolecular Hbond substituents is 1. The van der Waals surface area contributed by atoms with E-state index in [0.717, 1.165) is 25.1 Å². The molecule has 4 atom stereocenters. The summed E-state index contributed by atoms with van der Waals surface area (Å²) in [5, 5.41) is 16.4. The minimum Gasteiger partial charge on any atom is -0.508 e. The molecule has 2 heterocycles. The van der Waals surface area contributed by atoms with Gasteiger partial charge in [-0.25, -0.2) is 4.99 Å². The molecule has 1 saturated heterocycles. The average Bonchev–Trinajstić information content (AvgIpc) is 2.47. The lowest BCUT2D eigenvalue weighted by Crippen LogP contribution is -2.72. The van der Waals surface area contributed by atoms with Gasteiger partial charge in [0, 0.05) is 12.6 Å². The number of fused-ring (bicyclic) bond motifs is 1. The van der Waals surface area contributed by atoms with Gasteiger partial charge in [-0.3, -0.25) is 10.2 Å². The summed E-state index contributed by atoms with van der Waals surface area (Å²) in [5.41, 5.74) is 13.1. The molecular formula is C15H24N6O. The second-order valence-electron chi connectivity index (χ2n) is 5.87. The van der Waals surface area contributed by atoms with Gasteiger partial charge >= 0.3 is 0 Å². The molecule has 2 aliphatic heterocycles. The van der Waals surface area contributed by atoms with Gasteiger partial charge in [-0.1, -0.05) is 19.1 Å². The fraction of sp³-hybridized carbons (Fsp3) is 0.533. The van der Waals surface area contributed by atoms with E-state index in [-0.39, 0.29) is 30.2 Å². The molecule has 7 heteroatoms. The Hall–Kier alpha value is -1.83. The van der Waals surface area contributed by atoms with Gasteiger partial charge in [0.25, 0.3) is 0 Å². The second kappa shape index (κ2) is 6.12. The first-order chi connectivity index (χ1) is 10.6. The molecule has 22 heavy (non-hydrogen) atoms. The van der Waals surface area contributed by atoms with Crippen molar-refractivity contribution in [2.75, 3.05) is 13.1 Å². The molecule has 0 spiro atoms. The Balaban J connectivity index is 1.92. The van der Waals surface area contributed by atoms with Crippen molar-refractivity contribution in [2.24, 2.45) is 16.5 Å². The highest BCUT2D eigenvalue weighted by Crippen LogP contribution is 2.31. The zero-order chi connectivity index (χ0) is 15.7. The number of aromatic hydroxyl groups is 1. The number of hydrogen-bond acceptors (Lipinski definition) is 7. The van der Waals surface area contributed by atoms with Gasteiger partial charge in [-0.05, 0) is 30.7 Å². The first-order valence-corrected chi connectivity index (χ1v) is 7.73. The zero-order valence-electron chi connectivity index (χ0n) is 12.7. The van der Waals surface area contributed by atoms with Crippen LogP contribution >= 0.6 is 0 Å². The molecule has 0 bridgehead atoms. The van der Waals surface area contributed by atoms with Crippen LogP contribution in [0.25, 0.3) is 0 Å². The fourth-order valence-electron chi connectivity index (χ4n) is 3.44. The van der Waals surface area contributed by atoms with E-state index in [2.05, 4.69) is 27.4 Å². The normalized spacial score (nSPS) is 32.0. The number of nitrogens with zero attached hydrogens (tertiary/aromatic N) is 2. The summed E-state index contributed by atoms with van der Waals surface area (Å²) < 4.78 is 0. The Labute approximate surface area is 130 Å². The number of hydrogen-bond donors (Lipinski definition) is 5. The molecule has 1 aromatic carbocycles. The third-order valence-corrected chi connectivity index (χ3v) is 4.33. The summed E-state index contributed by atoms with van der Waals surface area (Å²) in [6.07, 6.45) is 0.641. The highest BCUT2D eigenvalue weighted by Gasteiger charge is 2.42. The number of aliphatic imine (C=N–C) groups is 1. The number of rotatable bonds is 3. The van der Waals surface area contributed by atoms with E-state index in [4.69, 9.17) is 11.5 Å². The maximum atomic E-state index is 9.76. The van der Waals surface area contributed by atoms with E-state index >= 15 is 0 Å². The second-order valence-corrected chi connectivity index (χ2v) is 5.87. The van der Waals surface area contributed by atoms with Crippen LogP contribution in [0.5, 0.6) is 5.75 Å². The molecular weight excluding hydrogens is 280 g/mol. The van der Waals surface area contributed by atoms with Crippen molar-refractivity contribution in [2.45, 2.75) is 37.8 Å². The molecule has 7 N–H and O–H groups in total. The van der Waals surface area contributed by atoms with Crippen molar-refractivity contribution in [3.05, 3.63) is 29.8 Å². The summed E-state index contributed by atoms with van der Waals surface area (Å²) in [6, 6.07) is 7.58. The number of nitrogens with one attached hydrogen (secondary N) is 2. The molecule has 0 amide bonds. The van der Waals surface area contributed by atoms with Crippen LogP contribution in [-0.4, -0.2) is 47.4 Å². The molecule has 0 radical (unpaired) electrons. The fourth-order valence-corrected chi connectivity index (χ4v) is 3.44. The van der Waals surface area contributed by atoms with E-state index < -0.39 is 0 Å². The van der Waals surface area contributed by atoms with E-state index in [9.17, 15) is 5.11 Å². The third kappa shape index (κ3) is 2.75. The maximum Gasteiger partial charge on any atom is 0.191 e. The van der Waals surface area contributed by atoms with Crippen molar-refractivity contribution < 1.29 is 5.11 Å². The van der Waals surface area contributed by atoms with Gasteiger partial charge in [0.1, 0.15) is 11.9 Å². The predicted molar refractivity (Wildman–Crippen MR) is 86.2 cm³/mol. The molecule has 0 saturated carbocycles. The largest absolute Gasteiger partial charge is 0.508 e. The first kappa shape index (κ1) is 15.1. The lowest BCUT2D eigenvalue weighted by molar-refractivity contribution is 0.0377. The number of piperazine rings is 1. The highest BCUT2D eigenvalue weighted by molar-refractivity contribution is 5.79. The average molecular weight is 304 g/mol. The lowest BCUT2D eigenvalue weighted by atomic mass is 9.95. The summed E-state index contributed by atoms with van der Waals surface area (Å²) in [4.78, 5) is 6.64. The zero-order valence-corrected chi connectivity index (χ0v) is 12.7. The minimum atomic E-state index is -0.370. The first-order valence-electron chi connectivity index (χ1n) is 7.73. The van der Waals surface area contributed by atoms with E-state index in [1.165, 1.54) is 0 Å². The summed E-state index contributed by atoms with van der Waals surface area (Å²) in [6.45, 7) is 3.82. The van der Waals surface area contributed by atoms with Crippen LogP contribution in [0.1, 0.15) is 24.9 Å². The Bertz CT molecular complexity index is 563. The smallest absolute Gasteiger partial charge is 0.191 e. The Kier molecular flexibility index (Phi) is 4.19. The molecule has 1 aromatic rings. The molecule has 0 aliphatic carbocycles. The van der Waals surface area contributed by atoms with Crippen molar-refractivity contribution in [3.63, 3.8) is 0 Å². The molecule has 4 unspecified atom stereocenters. The number of nitrogens with two attached hydrogens (primary N) is 2. The number of guanidine groups is 1. The minimum absolute atomic E-state index is 0.00684. The van der Waals surface area contributed by atoms with Crippen LogP contribution in [0.4, 0.5) is 0 Å². The Morgan fingerprint density at radius 1 is 1.45 bits per heavy atom. The van der Waals surface area contributed by atoms with Gasteiger partial charge in [0.2, 0.25) is 0 Å². The summed E-state index contributed by atoms with van der Waals surface area (Å²) in [5.74, 6) is 0.665. The third-order valence-electron chi connectivity index (χ3n) is 4.33. The lowest BCUT2D eigenvalue weighted by Gasteiger charge is -2.50. The van der Waals surface area contributed by atoms with E-state index in [1.54, 1.807) is 6.07 Å². The van der Waals surface area contributed by atoms with Crippen LogP contribution in [-0.2, 0) is 0 Å². The molecule has 120 valence electrons. The topological polar surface area (TPSA) is 112 Å². The highest BCUT2D eigenvalue weighted by atomic mass is 16.3. The number of benzene rings is 1. The van der Waals surface area contributed by atoms with Gasteiger partial charge in [-0.2, -0.15) is 0 Å². The Morgan fingerprint density at radius 3 is 3.00 bits per heavy atom. The summed E-state index contributed by atoms with van der Waals surface area (Å²) in [7, 11) is 0. The van der Waals surface area contributed by atoms with Crippen LogP contribution in [0.2, 0.25) is 0 Å². The van der Waals surface area contributed by atoms with Crippen molar-refractivity contribution in [3.8, 4) is 5.75 Å². The molecule has 3 rings (SSSR count). The standard InChI is InChI=1S/C15H24N6O/c1-2-6-21-11(9-4-3-5-10(22)7-9)8-18-14-12(21)13(16)19-15(17)20-14/h3-5,7,11-14,18,22H,2,6,8,16H2,1H3,(H3,17,19,20). The van der Waals surface area contributed by atoms with Gasteiger partial charge < -0.3 is 21.9 Å². The van der Waals surface area contributed by atoms with Crippen LogP contribution in [0.15, 0.2) is 29.3 Å². The Morgan fingerprint density at radius 2 is 2.27 bits per heavy atom. The van der Waals surface area contributed by atoms with E-state index in [0.29, 0.717) is 5.96 Å². The molecule has 1 fully saturated rings. The quantitative estimate of drug-likeness (QED) is 0.522.